The molecule has 1 amide bonds. The van der Waals surface area contributed by atoms with Crippen LogP contribution in [0.25, 0.3) is 0 Å². The maximum absolute atomic E-state index is 13.4. The van der Waals surface area contributed by atoms with Crippen LogP contribution in [0.4, 0.5) is 10.1 Å². The van der Waals surface area contributed by atoms with Crippen LogP contribution < -0.4 is 10.6 Å². The van der Waals surface area contributed by atoms with Gasteiger partial charge in [0.15, 0.2) is 0 Å². The first-order valence-corrected chi connectivity index (χ1v) is 8.54. The standard InChI is InChI=1S/C14H21FN4O3S/c1-16-13(20)14(17-12-6-4-5-11(15)9-12)7-8-19(10-14)23(21,22)18(2)3/h4-6,9,17H,7-8,10H2,1-3H3,(H,16,20). The number of benzene rings is 1. The van der Waals surface area contributed by atoms with E-state index in [0.29, 0.717) is 5.69 Å². The number of carbonyl (C=O) groups is 1. The van der Waals surface area contributed by atoms with Gasteiger partial charge >= 0.3 is 0 Å². The fourth-order valence-electron chi connectivity index (χ4n) is 2.63. The summed E-state index contributed by atoms with van der Waals surface area (Å²) in [5, 5.41) is 5.56. The Balaban J connectivity index is 2.31. The Hall–Kier alpha value is -1.71. The largest absolute Gasteiger partial charge is 0.370 e. The van der Waals surface area contributed by atoms with Gasteiger partial charge in [-0.3, -0.25) is 4.79 Å². The lowest BCUT2D eigenvalue weighted by molar-refractivity contribution is -0.124. The predicted octanol–water partition coefficient (Wildman–Crippen LogP) is 0.234. The molecule has 2 rings (SSSR count). The molecule has 1 saturated heterocycles. The molecule has 1 aliphatic heterocycles. The average Bonchev–Trinajstić information content (AvgIpc) is 2.92. The molecule has 1 atom stereocenters. The Bertz CT molecular complexity index is 695. The van der Waals surface area contributed by atoms with Gasteiger partial charge in [0.2, 0.25) is 5.91 Å². The van der Waals surface area contributed by atoms with Gasteiger partial charge in [0.05, 0.1) is 0 Å². The predicted molar refractivity (Wildman–Crippen MR) is 85.6 cm³/mol. The third-order valence-corrected chi connectivity index (χ3v) is 5.78. The van der Waals surface area contributed by atoms with Crippen LogP contribution in [0.3, 0.4) is 0 Å². The lowest BCUT2D eigenvalue weighted by Gasteiger charge is -2.30. The summed E-state index contributed by atoms with van der Waals surface area (Å²) >= 11 is 0. The summed E-state index contributed by atoms with van der Waals surface area (Å²) in [5.74, 6) is -0.768. The van der Waals surface area contributed by atoms with Crippen LogP contribution in [-0.4, -0.2) is 62.7 Å². The number of likely N-dealkylation sites (N-methyl/N-ethyl adjacent to an activating group) is 1. The van der Waals surface area contributed by atoms with Gasteiger partial charge in [-0.15, -0.1) is 0 Å². The maximum Gasteiger partial charge on any atom is 0.281 e. The summed E-state index contributed by atoms with van der Waals surface area (Å²) in [6, 6.07) is 5.73. The van der Waals surface area contributed by atoms with Gasteiger partial charge < -0.3 is 10.6 Å². The van der Waals surface area contributed by atoms with E-state index in [9.17, 15) is 17.6 Å². The second-order valence-corrected chi connectivity index (χ2v) is 7.81. The van der Waals surface area contributed by atoms with Crippen LogP contribution in [0.2, 0.25) is 0 Å². The molecule has 1 aromatic rings. The topological polar surface area (TPSA) is 81.8 Å². The van der Waals surface area contributed by atoms with Crippen LogP contribution in [-0.2, 0) is 15.0 Å². The normalized spacial score (nSPS) is 22.3. The molecule has 0 saturated carbocycles. The Morgan fingerprint density at radius 3 is 2.65 bits per heavy atom. The van der Waals surface area contributed by atoms with Gasteiger partial charge in [0.1, 0.15) is 11.4 Å². The molecule has 1 unspecified atom stereocenters. The summed E-state index contributed by atoms with van der Waals surface area (Å²) in [4.78, 5) is 12.4. The lowest BCUT2D eigenvalue weighted by atomic mass is 9.97. The minimum Gasteiger partial charge on any atom is -0.370 e. The number of anilines is 1. The second-order valence-electron chi connectivity index (χ2n) is 5.67. The lowest BCUT2D eigenvalue weighted by Crippen LogP contribution is -2.54. The van der Waals surface area contributed by atoms with Crippen LogP contribution >= 0.6 is 0 Å². The summed E-state index contributed by atoms with van der Waals surface area (Å²) in [6.07, 6.45) is 0.288. The SMILES string of the molecule is CNC(=O)C1(Nc2cccc(F)c2)CCN(S(=O)(=O)N(C)C)C1. The number of halogens is 1. The van der Waals surface area contributed by atoms with Gasteiger partial charge in [-0.1, -0.05) is 6.07 Å². The number of amides is 1. The fourth-order valence-corrected chi connectivity index (χ4v) is 3.80. The van der Waals surface area contributed by atoms with E-state index in [1.807, 2.05) is 0 Å². The van der Waals surface area contributed by atoms with E-state index in [1.165, 1.54) is 43.6 Å². The Labute approximate surface area is 135 Å². The zero-order valence-electron chi connectivity index (χ0n) is 13.3. The first-order valence-electron chi connectivity index (χ1n) is 7.15. The Kier molecular flexibility index (Phi) is 4.92. The van der Waals surface area contributed by atoms with Crippen LogP contribution in [0.1, 0.15) is 6.42 Å². The smallest absolute Gasteiger partial charge is 0.281 e. The van der Waals surface area contributed by atoms with E-state index in [2.05, 4.69) is 10.6 Å². The number of rotatable bonds is 5. The van der Waals surface area contributed by atoms with Crippen molar-refractivity contribution in [3.05, 3.63) is 30.1 Å². The molecule has 23 heavy (non-hydrogen) atoms. The Morgan fingerprint density at radius 2 is 2.09 bits per heavy atom. The molecule has 1 fully saturated rings. The molecule has 2 N–H and O–H groups in total. The van der Waals surface area contributed by atoms with E-state index in [1.54, 1.807) is 6.07 Å². The Morgan fingerprint density at radius 1 is 1.39 bits per heavy atom. The van der Waals surface area contributed by atoms with Crippen molar-refractivity contribution in [3.8, 4) is 0 Å². The van der Waals surface area contributed by atoms with E-state index in [4.69, 9.17) is 0 Å². The monoisotopic (exact) mass is 344 g/mol. The molecular formula is C14H21FN4O3S. The van der Waals surface area contributed by atoms with Gasteiger partial charge in [-0.2, -0.15) is 17.0 Å². The minimum absolute atomic E-state index is 0.0241. The molecule has 9 heteroatoms. The zero-order chi connectivity index (χ0) is 17.3. The van der Waals surface area contributed by atoms with Crippen molar-refractivity contribution >= 4 is 21.8 Å². The van der Waals surface area contributed by atoms with Crippen LogP contribution in [0.15, 0.2) is 24.3 Å². The zero-order valence-corrected chi connectivity index (χ0v) is 14.2. The van der Waals surface area contributed by atoms with Crippen molar-refractivity contribution in [2.45, 2.75) is 12.0 Å². The van der Waals surface area contributed by atoms with Crippen molar-refractivity contribution in [1.29, 1.82) is 0 Å². The number of hydrogen-bond acceptors (Lipinski definition) is 4. The van der Waals surface area contributed by atoms with Crippen molar-refractivity contribution < 1.29 is 17.6 Å². The van der Waals surface area contributed by atoms with Crippen LogP contribution in [0, 0.1) is 5.82 Å². The number of hydrogen-bond donors (Lipinski definition) is 2. The van der Waals surface area contributed by atoms with Crippen molar-refractivity contribution in [2.24, 2.45) is 0 Å². The van der Waals surface area contributed by atoms with Crippen molar-refractivity contribution in [3.63, 3.8) is 0 Å². The van der Waals surface area contributed by atoms with Crippen molar-refractivity contribution in [2.75, 3.05) is 39.5 Å². The molecule has 0 spiro atoms. The second kappa shape index (κ2) is 6.42. The van der Waals surface area contributed by atoms with E-state index in [-0.39, 0.29) is 25.4 Å². The van der Waals surface area contributed by atoms with Gasteiger partial charge in [-0.25, -0.2) is 4.39 Å². The fraction of sp³-hybridized carbons (Fsp3) is 0.500. The highest BCUT2D eigenvalue weighted by molar-refractivity contribution is 7.86. The molecule has 1 heterocycles. The molecule has 0 bridgehead atoms. The number of carbonyl (C=O) groups excluding carboxylic acids is 1. The van der Waals surface area contributed by atoms with Gasteiger partial charge in [0.25, 0.3) is 10.2 Å². The molecule has 128 valence electrons. The quantitative estimate of drug-likeness (QED) is 0.801. The van der Waals surface area contributed by atoms with E-state index < -0.39 is 21.6 Å². The van der Waals surface area contributed by atoms with Crippen LogP contribution in [0.5, 0.6) is 0 Å². The molecule has 1 aromatic carbocycles. The molecule has 7 nitrogen and oxygen atoms in total. The molecule has 1 aliphatic rings. The summed E-state index contributed by atoms with van der Waals surface area (Å²) in [7, 11) is 0.749. The third-order valence-electron chi connectivity index (χ3n) is 3.89. The number of nitrogens with zero attached hydrogens (tertiary/aromatic N) is 2. The first kappa shape index (κ1) is 17.6. The van der Waals surface area contributed by atoms with E-state index in [0.717, 1.165) is 4.31 Å². The molecule has 0 radical (unpaired) electrons. The van der Waals surface area contributed by atoms with Gasteiger partial charge in [-0.05, 0) is 24.6 Å². The highest BCUT2D eigenvalue weighted by Gasteiger charge is 2.48. The maximum atomic E-state index is 13.4. The van der Waals surface area contributed by atoms with E-state index >= 15 is 0 Å². The highest BCUT2D eigenvalue weighted by atomic mass is 32.2. The average molecular weight is 344 g/mol. The molecule has 0 aromatic heterocycles. The minimum atomic E-state index is -3.62. The first-order chi connectivity index (χ1) is 10.7. The summed E-state index contributed by atoms with van der Waals surface area (Å²) in [5.41, 5.74) is -0.705. The molecular weight excluding hydrogens is 323 g/mol. The third kappa shape index (κ3) is 3.46. The highest BCUT2D eigenvalue weighted by Crippen LogP contribution is 2.29. The van der Waals surface area contributed by atoms with Crippen molar-refractivity contribution in [1.82, 2.24) is 13.9 Å². The number of nitrogens with one attached hydrogen (secondary N) is 2. The van der Waals surface area contributed by atoms with Gasteiger partial charge in [0, 0.05) is 39.9 Å². The summed E-state index contributed by atoms with van der Waals surface area (Å²) < 4.78 is 40.3. The summed E-state index contributed by atoms with van der Waals surface area (Å²) in [6.45, 7) is 0.181. The molecule has 0 aliphatic carbocycles.